The third-order valence-electron chi connectivity index (χ3n) is 2.82. The molecule has 0 heterocycles. The molecule has 0 spiro atoms. The maximum Gasteiger partial charge on any atom is 0.0781 e. The Morgan fingerprint density at radius 2 is 1.32 bits per heavy atom. The number of hydrogen-bond donors (Lipinski definition) is 1. The predicted octanol–water partition coefficient (Wildman–Crippen LogP) is 2.63. The highest BCUT2D eigenvalue weighted by Crippen LogP contribution is 2.05. The maximum absolute atomic E-state index is 8.84. The summed E-state index contributed by atoms with van der Waals surface area (Å²) in [6.45, 7) is 12.2. The van der Waals surface area contributed by atoms with Crippen LogP contribution in [-0.4, -0.2) is 49.8 Å². The molecule has 3 unspecified atom stereocenters. The maximum atomic E-state index is 8.84. The van der Waals surface area contributed by atoms with Crippen molar-refractivity contribution in [1.82, 2.24) is 0 Å². The molecule has 19 heavy (non-hydrogen) atoms. The highest BCUT2D eigenvalue weighted by Gasteiger charge is 2.09. The van der Waals surface area contributed by atoms with E-state index in [0.29, 0.717) is 13.2 Å². The fraction of sp³-hybridized carbons (Fsp3) is 1.00. The minimum absolute atomic E-state index is 0.0238. The summed E-state index contributed by atoms with van der Waals surface area (Å²) in [6, 6.07) is 0. The molecule has 0 saturated carbocycles. The Balaban J connectivity index is 3.47. The first-order valence-electron chi connectivity index (χ1n) is 7.41. The first-order valence-corrected chi connectivity index (χ1v) is 7.41. The van der Waals surface area contributed by atoms with E-state index in [1.54, 1.807) is 0 Å². The van der Waals surface area contributed by atoms with Crippen molar-refractivity contribution in [2.24, 2.45) is 5.92 Å². The molecule has 0 aromatic heterocycles. The van der Waals surface area contributed by atoms with Gasteiger partial charge in [-0.3, -0.25) is 0 Å². The Bertz CT molecular complexity index is 197. The average molecular weight is 276 g/mol. The van der Waals surface area contributed by atoms with Gasteiger partial charge >= 0.3 is 0 Å². The van der Waals surface area contributed by atoms with Crippen LogP contribution in [0.4, 0.5) is 0 Å². The summed E-state index contributed by atoms with van der Waals surface area (Å²) >= 11 is 0. The average Bonchev–Trinajstić information content (AvgIpc) is 2.38. The molecule has 0 saturated heterocycles. The van der Waals surface area contributed by atoms with Gasteiger partial charge in [-0.05, 0) is 39.5 Å². The highest BCUT2D eigenvalue weighted by molar-refractivity contribution is 4.55. The second-order valence-corrected chi connectivity index (χ2v) is 5.69. The first kappa shape index (κ1) is 18.8. The van der Waals surface area contributed by atoms with Crippen LogP contribution in [0.1, 0.15) is 47.5 Å². The molecule has 0 amide bonds. The monoisotopic (exact) mass is 276 g/mol. The van der Waals surface area contributed by atoms with Gasteiger partial charge < -0.3 is 19.3 Å². The van der Waals surface area contributed by atoms with Gasteiger partial charge in [0.15, 0.2) is 0 Å². The SMILES string of the molecule is CC(C)CCCOC(C)COC(C)COC(C)CO. The second kappa shape index (κ2) is 11.6. The molecule has 4 nitrogen and oxygen atoms in total. The molecule has 3 atom stereocenters. The molecule has 0 rings (SSSR count). The number of aliphatic hydroxyl groups is 1. The Kier molecular flexibility index (Phi) is 11.6. The van der Waals surface area contributed by atoms with Crippen molar-refractivity contribution in [1.29, 1.82) is 0 Å². The summed E-state index contributed by atoms with van der Waals surface area (Å²) in [4.78, 5) is 0. The van der Waals surface area contributed by atoms with Crippen molar-refractivity contribution in [3.63, 3.8) is 0 Å². The standard InChI is InChI=1S/C15H32O4/c1-12(2)7-6-8-17-14(4)10-19-15(5)11-18-13(3)9-16/h12-16H,6-11H2,1-5H3. The molecule has 4 heteroatoms. The number of aliphatic hydroxyl groups excluding tert-OH is 1. The quantitative estimate of drug-likeness (QED) is 0.557. The molecule has 116 valence electrons. The van der Waals surface area contributed by atoms with E-state index in [2.05, 4.69) is 13.8 Å². The van der Waals surface area contributed by atoms with Gasteiger partial charge in [0.05, 0.1) is 38.1 Å². The zero-order valence-corrected chi connectivity index (χ0v) is 13.2. The Hall–Kier alpha value is -0.160. The van der Waals surface area contributed by atoms with E-state index in [-0.39, 0.29) is 24.9 Å². The van der Waals surface area contributed by atoms with Gasteiger partial charge in [-0.1, -0.05) is 13.8 Å². The van der Waals surface area contributed by atoms with Gasteiger partial charge in [0, 0.05) is 6.61 Å². The summed E-state index contributed by atoms with van der Waals surface area (Å²) in [6.07, 6.45) is 2.32. The lowest BCUT2D eigenvalue weighted by Crippen LogP contribution is -2.26. The Morgan fingerprint density at radius 3 is 1.84 bits per heavy atom. The molecule has 0 aromatic rings. The fourth-order valence-electron chi connectivity index (χ4n) is 1.52. The summed E-state index contributed by atoms with van der Waals surface area (Å²) in [7, 11) is 0. The zero-order valence-electron chi connectivity index (χ0n) is 13.2. The minimum Gasteiger partial charge on any atom is -0.394 e. The third kappa shape index (κ3) is 12.6. The van der Waals surface area contributed by atoms with Crippen molar-refractivity contribution in [3.05, 3.63) is 0 Å². The lowest BCUT2D eigenvalue weighted by molar-refractivity contribution is -0.0747. The summed E-state index contributed by atoms with van der Waals surface area (Å²) in [5.41, 5.74) is 0. The van der Waals surface area contributed by atoms with Gasteiger partial charge in [0.2, 0.25) is 0 Å². The minimum atomic E-state index is -0.129. The van der Waals surface area contributed by atoms with Gasteiger partial charge in [0.25, 0.3) is 0 Å². The fourth-order valence-corrected chi connectivity index (χ4v) is 1.52. The lowest BCUT2D eigenvalue weighted by Gasteiger charge is -2.19. The number of ether oxygens (including phenoxy) is 3. The molecule has 0 fully saturated rings. The zero-order chi connectivity index (χ0) is 14.7. The molecule has 0 radical (unpaired) electrons. The van der Waals surface area contributed by atoms with Crippen LogP contribution in [0.5, 0.6) is 0 Å². The van der Waals surface area contributed by atoms with Crippen LogP contribution in [0.25, 0.3) is 0 Å². The van der Waals surface area contributed by atoms with Crippen LogP contribution < -0.4 is 0 Å². The van der Waals surface area contributed by atoms with E-state index in [1.165, 1.54) is 6.42 Å². The van der Waals surface area contributed by atoms with Gasteiger partial charge in [-0.25, -0.2) is 0 Å². The Labute approximate surface area is 118 Å². The molecule has 0 aliphatic heterocycles. The van der Waals surface area contributed by atoms with Crippen molar-refractivity contribution >= 4 is 0 Å². The highest BCUT2D eigenvalue weighted by atomic mass is 16.6. The van der Waals surface area contributed by atoms with Gasteiger partial charge in [0.1, 0.15) is 0 Å². The van der Waals surface area contributed by atoms with Gasteiger partial charge in [-0.2, -0.15) is 0 Å². The van der Waals surface area contributed by atoms with Crippen LogP contribution in [-0.2, 0) is 14.2 Å². The van der Waals surface area contributed by atoms with Crippen molar-refractivity contribution in [2.75, 3.05) is 26.4 Å². The lowest BCUT2D eigenvalue weighted by atomic mass is 10.1. The summed E-state index contributed by atoms with van der Waals surface area (Å²) < 4.78 is 16.7. The molecule has 0 bridgehead atoms. The predicted molar refractivity (Wildman–Crippen MR) is 77.4 cm³/mol. The van der Waals surface area contributed by atoms with Crippen LogP contribution in [0.3, 0.4) is 0 Å². The van der Waals surface area contributed by atoms with Crippen molar-refractivity contribution < 1.29 is 19.3 Å². The third-order valence-corrected chi connectivity index (χ3v) is 2.82. The summed E-state index contributed by atoms with van der Waals surface area (Å²) in [5, 5.41) is 8.84. The van der Waals surface area contributed by atoms with Gasteiger partial charge in [-0.15, -0.1) is 0 Å². The van der Waals surface area contributed by atoms with Crippen LogP contribution in [0.15, 0.2) is 0 Å². The second-order valence-electron chi connectivity index (χ2n) is 5.69. The Morgan fingerprint density at radius 1 is 0.789 bits per heavy atom. The van der Waals surface area contributed by atoms with Crippen molar-refractivity contribution in [3.8, 4) is 0 Å². The molecule has 0 aliphatic rings. The van der Waals surface area contributed by atoms with Crippen molar-refractivity contribution in [2.45, 2.75) is 65.8 Å². The molecule has 0 aromatic carbocycles. The van der Waals surface area contributed by atoms with E-state index in [4.69, 9.17) is 19.3 Å². The molecular formula is C15H32O4. The normalized spacial score (nSPS) is 16.6. The number of rotatable bonds is 12. The largest absolute Gasteiger partial charge is 0.394 e. The van der Waals surface area contributed by atoms with E-state index < -0.39 is 0 Å². The van der Waals surface area contributed by atoms with E-state index in [1.807, 2.05) is 20.8 Å². The topological polar surface area (TPSA) is 47.9 Å². The van der Waals surface area contributed by atoms with Crippen LogP contribution in [0, 0.1) is 5.92 Å². The molecule has 1 N–H and O–H groups in total. The number of hydrogen-bond acceptors (Lipinski definition) is 4. The summed E-state index contributed by atoms with van der Waals surface area (Å²) in [5.74, 6) is 0.737. The van der Waals surface area contributed by atoms with Crippen LogP contribution in [0.2, 0.25) is 0 Å². The van der Waals surface area contributed by atoms with E-state index in [0.717, 1.165) is 18.9 Å². The van der Waals surface area contributed by atoms with E-state index in [9.17, 15) is 0 Å². The van der Waals surface area contributed by atoms with E-state index >= 15 is 0 Å². The molecule has 0 aliphatic carbocycles. The van der Waals surface area contributed by atoms with Crippen LogP contribution >= 0.6 is 0 Å². The molecular weight excluding hydrogens is 244 g/mol. The smallest absolute Gasteiger partial charge is 0.0781 e. The first-order chi connectivity index (χ1) is 8.95.